The SMILES string of the molecule is CC(CNc1nnc2c(n1)[nH]c1ccccc12)c1cccc(C(F)(F)F)c1. The third-order valence-corrected chi connectivity index (χ3v) is 4.47. The molecule has 0 radical (unpaired) electrons. The Labute approximate surface area is 152 Å². The summed E-state index contributed by atoms with van der Waals surface area (Å²) in [4.78, 5) is 7.60. The zero-order chi connectivity index (χ0) is 19.0. The molecule has 0 amide bonds. The van der Waals surface area contributed by atoms with Crippen LogP contribution in [0.5, 0.6) is 0 Å². The maximum Gasteiger partial charge on any atom is 0.416 e. The third kappa shape index (κ3) is 3.42. The summed E-state index contributed by atoms with van der Waals surface area (Å²) in [7, 11) is 0. The molecule has 0 aliphatic carbocycles. The van der Waals surface area contributed by atoms with Crippen LogP contribution in [0.15, 0.2) is 48.5 Å². The normalized spacial score (nSPS) is 13.2. The van der Waals surface area contributed by atoms with Gasteiger partial charge >= 0.3 is 6.18 Å². The number of hydrogen-bond acceptors (Lipinski definition) is 4. The number of aromatic nitrogens is 4. The number of fused-ring (bicyclic) bond motifs is 3. The zero-order valence-electron chi connectivity index (χ0n) is 14.4. The Kier molecular flexibility index (Phi) is 4.18. The van der Waals surface area contributed by atoms with E-state index in [1.54, 1.807) is 6.07 Å². The highest BCUT2D eigenvalue weighted by Crippen LogP contribution is 2.31. The van der Waals surface area contributed by atoms with Crippen LogP contribution in [0.1, 0.15) is 24.0 Å². The molecule has 1 unspecified atom stereocenters. The van der Waals surface area contributed by atoms with Gasteiger partial charge in [0.1, 0.15) is 5.52 Å². The molecule has 2 heterocycles. The van der Waals surface area contributed by atoms with E-state index in [1.165, 1.54) is 12.1 Å². The third-order valence-electron chi connectivity index (χ3n) is 4.47. The zero-order valence-corrected chi connectivity index (χ0v) is 14.4. The van der Waals surface area contributed by atoms with Gasteiger partial charge in [-0.3, -0.25) is 0 Å². The molecule has 0 saturated carbocycles. The summed E-state index contributed by atoms with van der Waals surface area (Å²) in [6.45, 7) is 2.23. The van der Waals surface area contributed by atoms with Gasteiger partial charge in [0.25, 0.3) is 0 Å². The second kappa shape index (κ2) is 6.53. The van der Waals surface area contributed by atoms with Gasteiger partial charge < -0.3 is 10.3 Å². The molecule has 138 valence electrons. The first-order valence-corrected chi connectivity index (χ1v) is 8.44. The summed E-state index contributed by atoms with van der Waals surface area (Å²) >= 11 is 0. The molecule has 5 nitrogen and oxygen atoms in total. The largest absolute Gasteiger partial charge is 0.416 e. The predicted molar refractivity (Wildman–Crippen MR) is 97.5 cm³/mol. The maximum absolute atomic E-state index is 12.9. The molecule has 2 N–H and O–H groups in total. The number of rotatable bonds is 4. The Bertz CT molecular complexity index is 1100. The van der Waals surface area contributed by atoms with Crippen LogP contribution >= 0.6 is 0 Å². The average molecular weight is 371 g/mol. The standard InChI is InChI=1S/C19H16F3N5/c1-11(12-5-4-6-13(9-12)19(20,21)22)10-23-18-25-17-16(26-27-18)14-7-2-3-8-15(14)24-17/h2-9,11H,10H2,1H3,(H2,23,24,25,27). The summed E-state index contributed by atoms with van der Waals surface area (Å²) < 4.78 is 38.6. The number of benzene rings is 2. The van der Waals surface area contributed by atoms with E-state index in [9.17, 15) is 13.2 Å². The van der Waals surface area contributed by atoms with E-state index in [0.717, 1.165) is 17.0 Å². The van der Waals surface area contributed by atoms with Crippen molar-refractivity contribution in [1.82, 2.24) is 20.2 Å². The number of nitrogens with one attached hydrogen (secondary N) is 2. The summed E-state index contributed by atoms with van der Waals surface area (Å²) in [5.41, 5.74) is 2.16. The van der Waals surface area contributed by atoms with Crippen molar-refractivity contribution < 1.29 is 13.2 Å². The number of halogens is 3. The fourth-order valence-electron chi connectivity index (χ4n) is 2.98. The van der Waals surface area contributed by atoms with E-state index < -0.39 is 11.7 Å². The molecular formula is C19H16F3N5. The molecule has 0 fully saturated rings. The molecule has 2 aromatic heterocycles. The van der Waals surface area contributed by atoms with Crippen molar-refractivity contribution in [2.45, 2.75) is 19.0 Å². The second-order valence-electron chi connectivity index (χ2n) is 6.41. The molecule has 0 aliphatic rings. The number of hydrogen-bond donors (Lipinski definition) is 2. The first-order chi connectivity index (χ1) is 12.9. The lowest BCUT2D eigenvalue weighted by molar-refractivity contribution is -0.137. The molecule has 2 aromatic carbocycles. The smallest absolute Gasteiger partial charge is 0.352 e. The highest BCUT2D eigenvalue weighted by Gasteiger charge is 2.30. The van der Waals surface area contributed by atoms with Gasteiger partial charge in [0, 0.05) is 17.4 Å². The first-order valence-electron chi connectivity index (χ1n) is 8.44. The average Bonchev–Trinajstić information content (AvgIpc) is 3.03. The van der Waals surface area contributed by atoms with Gasteiger partial charge in [0.05, 0.1) is 5.56 Å². The highest BCUT2D eigenvalue weighted by molar-refractivity contribution is 6.03. The monoisotopic (exact) mass is 371 g/mol. The van der Waals surface area contributed by atoms with Gasteiger partial charge in [-0.25, -0.2) is 0 Å². The topological polar surface area (TPSA) is 66.5 Å². The van der Waals surface area contributed by atoms with Gasteiger partial charge in [-0.2, -0.15) is 18.2 Å². The second-order valence-corrected chi connectivity index (χ2v) is 6.41. The molecule has 0 bridgehead atoms. The maximum atomic E-state index is 12.9. The van der Waals surface area contributed by atoms with E-state index in [2.05, 4.69) is 25.5 Å². The molecule has 4 rings (SSSR count). The van der Waals surface area contributed by atoms with Crippen molar-refractivity contribution in [2.75, 3.05) is 11.9 Å². The Hall–Kier alpha value is -3.16. The molecule has 0 spiro atoms. The van der Waals surface area contributed by atoms with Crippen LogP contribution in [0.2, 0.25) is 0 Å². The van der Waals surface area contributed by atoms with Gasteiger partial charge in [-0.15, -0.1) is 10.2 Å². The lowest BCUT2D eigenvalue weighted by Gasteiger charge is -2.15. The van der Waals surface area contributed by atoms with Gasteiger partial charge in [-0.1, -0.05) is 43.3 Å². The molecule has 1 atom stereocenters. The quantitative estimate of drug-likeness (QED) is 0.544. The van der Waals surface area contributed by atoms with Crippen molar-refractivity contribution in [3.05, 3.63) is 59.7 Å². The molecule has 4 aromatic rings. The van der Waals surface area contributed by atoms with Crippen molar-refractivity contribution in [2.24, 2.45) is 0 Å². The molecule has 0 saturated heterocycles. The van der Waals surface area contributed by atoms with Crippen LogP contribution in [0.4, 0.5) is 19.1 Å². The minimum absolute atomic E-state index is 0.158. The predicted octanol–water partition coefficient (Wildman–Crippen LogP) is 4.74. The van der Waals surface area contributed by atoms with Crippen LogP contribution in [0.3, 0.4) is 0 Å². The van der Waals surface area contributed by atoms with Crippen LogP contribution in [-0.2, 0) is 6.18 Å². The van der Waals surface area contributed by atoms with Crippen molar-refractivity contribution in [3.8, 4) is 0 Å². The summed E-state index contributed by atoms with van der Waals surface area (Å²) in [6.07, 6.45) is -4.35. The van der Waals surface area contributed by atoms with Gasteiger partial charge in [0.15, 0.2) is 5.65 Å². The van der Waals surface area contributed by atoms with E-state index in [0.29, 0.717) is 29.2 Å². The van der Waals surface area contributed by atoms with Gasteiger partial charge in [-0.05, 0) is 23.6 Å². The number of aromatic amines is 1. The number of H-pyrrole nitrogens is 1. The summed E-state index contributed by atoms with van der Waals surface area (Å²) in [5, 5.41) is 12.3. The highest BCUT2D eigenvalue weighted by atomic mass is 19.4. The van der Waals surface area contributed by atoms with Gasteiger partial charge in [0.2, 0.25) is 5.95 Å². The Morgan fingerprint density at radius 1 is 1.07 bits per heavy atom. The Balaban J connectivity index is 1.52. The number of nitrogens with zero attached hydrogens (tertiary/aromatic N) is 3. The van der Waals surface area contributed by atoms with Crippen molar-refractivity contribution >= 4 is 28.0 Å². The van der Waals surface area contributed by atoms with E-state index in [1.807, 2.05) is 31.2 Å². The lowest BCUT2D eigenvalue weighted by Crippen LogP contribution is -2.13. The van der Waals surface area contributed by atoms with Crippen LogP contribution in [-0.4, -0.2) is 26.7 Å². The molecule has 27 heavy (non-hydrogen) atoms. The Morgan fingerprint density at radius 2 is 1.89 bits per heavy atom. The first kappa shape index (κ1) is 17.3. The van der Waals surface area contributed by atoms with E-state index in [-0.39, 0.29) is 5.92 Å². The fourth-order valence-corrected chi connectivity index (χ4v) is 2.98. The fraction of sp³-hybridized carbons (Fsp3) is 0.211. The summed E-state index contributed by atoms with van der Waals surface area (Å²) in [6, 6.07) is 13.0. The van der Waals surface area contributed by atoms with Crippen molar-refractivity contribution in [1.29, 1.82) is 0 Å². The summed E-state index contributed by atoms with van der Waals surface area (Å²) in [5.74, 6) is 0.169. The van der Waals surface area contributed by atoms with E-state index >= 15 is 0 Å². The minimum Gasteiger partial charge on any atom is -0.352 e. The lowest BCUT2D eigenvalue weighted by atomic mass is 9.99. The van der Waals surface area contributed by atoms with E-state index in [4.69, 9.17) is 0 Å². The van der Waals surface area contributed by atoms with Crippen LogP contribution in [0, 0.1) is 0 Å². The Morgan fingerprint density at radius 3 is 2.70 bits per heavy atom. The van der Waals surface area contributed by atoms with Crippen LogP contribution < -0.4 is 5.32 Å². The van der Waals surface area contributed by atoms with Crippen LogP contribution in [0.25, 0.3) is 22.1 Å². The molecular weight excluding hydrogens is 355 g/mol. The number of para-hydroxylation sites is 1. The van der Waals surface area contributed by atoms with Crippen molar-refractivity contribution in [3.63, 3.8) is 0 Å². The number of anilines is 1. The molecule has 0 aliphatic heterocycles. The number of alkyl halides is 3. The minimum atomic E-state index is -4.35. The molecule has 8 heteroatoms.